The van der Waals surface area contributed by atoms with Crippen LogP contribution < -0.4 is 0 Å². The number of hydrogen-bond acceptors (Lipinski definition) is 3. The second-order valence-corrected chi connectivity index (χ2v) is 7.06. The highest BCUT2D eigenvalue weighted by molar-refractivity contribution is 6.31. The Labute approximate surface area is 151 Å². The number of nitrogens with zero attached hydrogens (tertiary/aromatic N) is 5. The summed E-state index contributed by atoms with van der Waals surface area (Å²) >= 11 is 6.10. The highest BCUT2D eigenvalue weighted by atomic mass is 35.5. The van der Waals surface area contributed by atoms with Crippen LogP contribution in [0.3, 0.4) is 0 Å². The van der Waals surface area contributed by atoms with Gasteiger partial charge in [0, 0.05) is 42.6 Å². The summed E-state index contributed by atoms with van der Waals surface area (Å²) in [7, 11) is 0. The number of likely N-dealkylation sites (tertiary alicyclic amines) is 1. The summed E-state index contributed by atoms with van der Waals surface area (Å²) in [5.41, 5.74) is 0.997. The molecule has 2 aromatic heterocycles. The van der Waals surface area contributed by atoms with Crippen molar-refractivity contribution in [2.24, 2.45) is 5.92 Å². The van der Waals surface area contributed by atoms with Gasteiger partial charge < -0.3 is 9.47 Å². The lowest BCUT2D eigenvalue weighted by Gasteiger charge is -2.32. The molecule has 1 fully saturated rings. The third-order valence-corrected chi connectivity index (χ3v) is 5.07. The molecule has 1 aliphatic rings. The topological polar surface area (TPSA) is 56.0 Å². The van der Waals surface area contributed by atoms with Crippen molar-refractivity contribution in [3.63, 3.8) is 0 Å². The van der Waals surface area contributed by atoms with E-state index in [2.05, 4.69) is 10.3 Å². The molecule has 3 heterocycles. The average Bonchev–Trinajstić information content (AvgIpc) is 3.25. The number of halogens is 1. The van der Waals surface area contributed by atoms with E-state index in [1.54, 1.807) is 6.20 Å². The van der Waals surface area contributed by atoms with Crippen LogP contribution in [-0.4, -0.2) is 43.5 Å². The predicted octanol–water partition coefficient (Wildman–Crippen LogP) is 2.83. The fourth-order valence-corrected chi connectivity index (χ4v) is 3.74. The zero-order chi connectivity index (χ0) is 17.2. The van der Waals surface area contributed by atoms with E-state index in [9.17, 15) is 4.79 Å². The molecule has 0 aliphatic carbocycles. The normalized spacial score (nSPS) is 18.0. The van der Waals surface area contributed by atoms with E-state index in [1.165, 1.54) is 0 Å². The van der Waals surface area contributed by atoms with Crippen LogP contribution in [0.25, 0.3) is 10.9 Å². The molecule has 0 unspecified atom stereocenters. The molecule has 1 amide bonds. The van der Waals surface area contributed by atoms with Gasteiger partial charge in [0.15, 0.2) is 0 Å². The van der Waals surface area contributed by atoms with Crippen LogP contribution >= 0.6 is 11.6 Å². The first-order valence-electron chi connectivity index (χ1n) is 8.55. The van der Waals surface area contributed by atoms with Crippen LogP contribution in [0.2, 0.25) is 5.02 Å². The fourth-order valence-electron chi connectivity index (χ4n) is 3.58. The smallest absolute Gasteiger partial charge is 0.242 e. The van der Waals surface area contributed by atoms with Gasteiger partial charge in [-0.05, 0) is 42.3 Å². The average molecular weight is 358 g/mol. The lowest BCUT2D eigenvalue weighted by molar-refractivity contribution is -0.133. The van der Waals surface area contributed by atoms with Crippen LogP contribution in [0, 0.1) is 5.92 Å². The van der Waals surface area contributed by atoms with Crippen LogP contribution in [0.4, 0.5) is 0 Å². The van der Waals surface area contributed by atoms with Gasteiger partial charge in [-0.2, -0.15) is 0 Å². The van der Waals surface area contributed by atoms with Gasteiger partial charge in [0.1, 0.15) is 6.54 Å². The van der Waals surface area contributed by atoms with E-state index in [0.29, 0.717) is 17.5 Å². The van der Waals surface area contributed by atoms with Gasteiger partial charge in [-0.15, -0.1) is 5.10 Å². The zero-order valence-corrected chi connectivity index (χ0v) is 14.6. The van der Waals surface area contributed by atoms with Gasteiger partial charge in [0.25, 0.3) is 0 Å². The van der Waals surface area contributed by atoms with Crippen LogP contribution in [0.5, 0.6) is 0 Å². The maximum Gasteiger partial charge on any atom is 0.242 e. The van der Waals surface area contributed by atoms with E-state index in [0.717, 1.165) is 43.4 Å². The minimum Gasteiger partial charge on any atom is -0.341 e. The first-order chi connectivity index (χ1) is 12.2. The molecule has 25 heavy (non-hydrogen) atoms. The van der Waals surface area contributed by atoms with Crippen molar-refractivity contribution in [3.8, 4) is 0 Å². The highest BCUT2D eigenvalue weighted by Gasteiger charge is 2.24. The Morgan fingerprint density at radius 3 is 3.04 bits per heavy atom. The quantitative estimate of drug-likeness (QED) is 0.721. The molecule has 1 saturated heterocycles. The Kier molecular flexibility index (Phi) is 4.44. The Hall–Kier alpha value is -2.34. The van der Waals surface area contributed by atoms with Gasteiger partial charge in [0.2, 0.25) is 5.91 Å². The Bertz CT molecular complexity index is 873. The molecule has 4 rings (SSSR count). The number of benzene rings is 1. The second-order valence-electron chi connectivity index (χ2n) is 6.62. The largest absolute Gasteiger partial charge is 0.341 e. The molecule has 6 nitrogen and oxygen atoms in total. The third-order valence-electron chi connectivity index (χ3n) is 4.83. The summed E-state index contributed by atoms with van der Waals surface area (Å²) in [4.78, 5) is 14.8. The number of aromatic nitrogens is 4. The maximum atomic E-state index is 12.8. The summed E-state index contributed by atoms with van der Waals surface area (Å²) in [6.07, 6.45) is 7.66. The zero-order valence-electron chi connectivity index (χ0n) is 13.9. The van der Waals surface area contributed by atoms with Crippen molar-refractivity contribution in [3.05, 3.63) is 47.9 Å². The molecular weight excluding hydrogens is 338 g/mol. The van der Waals surface area contributed by atoms with Gasteiger partial charge in [0.05, 0.1) is 6.20 Å². The first-order valence-corrected chi connectivity index (χ1v) is 8.93. The summed E-state index contributed by atoms with van der Waals surface area (Å²) < 4.78 is 3.82. The van der Waals surface area contributed by atoms with Crippen molar-refractivity contribution in [1.29, 1.82) is 0 Å². The number of amides is 1. The molecule has 7 heteroatoms. The van der Waals surface area contributed by atoms with E-state index < -0.39 is 0 Å². The van der Waals surface area contributed by atoms with Crippen molar-refractivity contribution in [2.75, 3.05) is 13.1 Å². The van der Waals surface area contributed by atoms with Crippen molar-refractivity contribution >= 4 is 28.4 Å². The molecule has 1 aliphatic heterocycles. The fraction of sp³-hybridized carbons (Fsp3) is 0.389. The maximum absolute atomic E-state index is 12.8. The first kappa shape index (κ1) is 16.1. The van der Waals surface area contributed by atoms with Crippen LogP contribution in [-0.2, 0) is 17.9 Å². The molecule has 1 aromatic carbocycles. The molecule has 130 valence electrons. The molecular formula is C18H20ClN5O. The number of hydrogen-bond donors (Lipinski definition) is 0. The molecule has 0 radical (unpaired) electrons. The summed E-state index contributed by atoms with van der Waals surface area (Å²) in [5.74, 6) is 0.580. The summed E-state index contributed by atoms with van der Waals surface area (Å²) in [6, 6.07) is 7.78. The van der Waals surface area contributed by atoms with Gasteiger partial charge >= 0.3 is 0 Å². The standard InChI is InChI=1S/C18H20ClN5O/c19-16-4-3-15-5-8-22(17(15)10-16)13-18(25)23-7-1-2-14(11-23)12-24-9-6-20-21-24/h3-6,8-10,14H,1-2,7,11-13H2/t14-/m0/s1. The summed E-state index contributed by atoms with van der Waals surface area (Å²) in [6.45, 7) is 2.76. The van der Waals surface area contributed by atoms with E-state index in [-0.39, 0.29) is 5.91 Å². The van der Waals surface area contributed by atoms with Crippen molar-refractivity contribution < 1.29 is 4.79 Å². The highest BCUT2D eigenvalue weighted by Crippen LogP contribution is 2.22. The number of carbonyl (C=O) groups is 1. The molecule has 3 aromatic rings. The number of fused-ring (bicyclic) bond motifs is 1. The minimum atomic E-state index is 0.153. The van der Waals surface area contributed by atoms with E-state index >= 15 is 0 Å². The van der Waals surface area contributed by atoms with Crippen molar-refractivity contribution in [2.45, 2.75) is 25.9 Å². The SMILES string of the molecule is O=C(Cn1ccc2ccc(Cl)cc21)N1CCC[C@H](Cn2ccnn2)C1. The monoisotopic (exact) mass is 357 g/mol. The lowest BCUT2D eigenvalue weighted by Crippen LogP contribution is -2.42. The molecule has 0 bridgehead atoms. The Morgan fingerprint density at radius 2 is 2.20 bits per heavy atom. The number of carbonyl (C=O) groups excluding carboxylic acids is 1. The lowest BCUT2D eigenvalue weighted by atomic mass is 9.98. The summed E-state index contributed by atoms with van der Waals surface area (Å²) in [5, 5.41) is 9.66. The Balaban J connectivity index is 1.44. The number of rotatable bonds is 4. The van der Waals surface area contributed by atoms with E-state index in [1.807, 2.05) is 50.8 Å². The third kappa shape index (κ3) is 3.54. The van der Waals surface area contributed by atoms with Gasteiger partial charge in [-0.25, -0.2) is 0 Å². The molecule has 1 atom stereocenters. The minimum absolute atomic E-state index is 0.153. The molecule has 0 N–H and O–H groups in total. The predicted molar refractivity (Wildman–Crippen MR) is 96.3 cm³/mol. The molecule has 0 spiro atoms. The van der Waals surface area contributed by atoms with Crippen molar-refractivity contribution in [1.82, 2.24) is 24.5 Å². The second kappa shape index (κ2) is 6.88. The van der Waals surface area contributed by atoms with Crippen LogP contribution in [0.15, 0.2) is 42.9 Å². The Morgan fingerprint density at radius 1 is 1.28 bits per heavy atom. The number of piperidine rings is 1. The molecule has 0 saturated carbocycles. The van der Waals surface area contributed by atoms with Gasteiger partial charge in [-0.1, -0.05) is 22.9 Å². The van der Waals surface area contributed by atoms with E-state index in [4.69, 9.17) is 11.6 Å². The van der Waals surface area contributed by atoms with Crippen LogP contribution in [0.1, 0.15) is 12.8 Å². The van der Waals surface area contributed by atoms with Gasteiger partial charge in [-0.3, -0.25) is 9.48 Å².